The van der Waals surface area contributed by atoms with Gasteiger partial charge in [0.25, 0.3) is 0 Å². The van der Waals surface area contributed by atoms with Gasteiger partial charge in [0.15, 0.2) is 5.78 Å². The highest BCUT2D eigenvalue weighted by Crippen LogP contribution is 2.44. The van der Waals surface area contributed by atoms with Crippen molar-refractivity contribution in [1.82, 2.24) is 0 Å². The number of fused-ring (bicyclic) bond motifs is 2. The Labute approximate surface area is 259 Å². The van der Waals surface area contributed by atoms with Crippen LogP contribution in [-0.2, 0) is 4.79 Å². The van der Waals surface area contributed by atoms with Crippen molar-refractivity contribution in [2.24, 2.45) is 0 Å². The number of benzene rings is 4. The maximum Gasteiger partial charge on any atom is 0.326 e. The Hall–Kier alpha value is -4.53. The van der Waals surface area contributed by atoms with Gasteiger partial charge in [-0.2, -0.15) is 0 Å². The fourth-order valence-corrected chi connectivity index (χ4v) is 7.43. The number of amides is 3. The lowest BCUT2D eigenvalue weighted by Crippen LogP contribution is -2.49. The molecular weight excluding hydrogens is 575 g/mol. The number of carbonyl (C=O) groups excluding carboxylic acids is 3. The van der Waals surface area contributed by atoms with Crippen LogP contribution in [0.25, 0.3) is 0 Å². The molecule has 0 aromatic heterocycles. The normalized spacial score (nSPS) is 17.4. The van der Waals surface area contributed by atoms with Crippen LogP contribution >= 0.6 is 23.5 Å². The first-order valence-corrected chi connectivity index (χ1v) is 15.7. The first kappa shape index (κ1) is 28.6. The predicted octanol–water partition coefficient (Wildman–Crippen LogP) is 8.37. The summed E-state index contributed by atoms with van der Waals surface area (Å²) in [6.45, 7) is 1.51. The second-order valence-corrected chi connectivity index (χ2v) is 12.6. The monoisotopic (exact) mass is 603 g/mol. The summed E-state index contributed by atoms with van der Waals surface area (Å²) < 4.78 is 0. The van der Waals surface area contributed by atoms with Gasteiger partial charge in [-0.25, -0.2) is 4.79 Å². The molecule has 3 amide bonds. The molecule has 3 unspecified atom stereocenters. The summed E-state index contributed by atoms with van der Waals surface area (Å²) in [5.41, 5.74) is 3.58. The van der Waals surface area contributed by atoms with E-state index in [-0.39, 0.29) is 29.0 Å². The van der Waals surface area contributed by atoms with Gasteiger partial charge in [0.1, 0.15) is 5.25 Å². The minimum absolute atomic E-state index is 0.0298. The lowest BCUT2D eigenvalue weighted by Gasteiger charge is -2.40. The number of anilines is 3. The molecule has 2 N–H and O–H groups in total. The Morgan fingerprint density at radius 3 is 2.33 bits per heavy atom. The smallest absolute Gasteiger partial charge is 0.325 e. The van der Waals surface area contributed by atoms with Gasteiger partial charge in [-0.1, -0.05) is 72.8 Å². The van der Waals surface area contributed by atoms with E-state index in [4.69, 9.17) is 0 Å². The highest BCUT2D eigenvalue weighted by Gasteiger charge is 2.36. The van der Waals surface area contributed by atoms with Gasteiger partial charge in [-0.3, -0.25) is 14.5 Å². The lowest BCUT2D eigenvalue weighted by molar-refractivity contribution is -0.115. The van der Waals surface area contributed by atoms with Crippen LogP contribution in [0.4, 0.5) is 21.9 Å². The zero-order chi connectivity index (χ0) is 29.8. The van der Waals surface area contributed by atoms with Crippen molar-refractivity contribution in [2.45, 2.75) is 33.3 Å². The molecule has 0 saturated carbocycles. The molecule has 6 rings (SSSR count). The molecular formula is C35H29N3O3S2. The lowest BCUT2D eigenvalue weighted by atomic mass is 10.1. The van der Waals surface area contributed by atoms with E-state index in [0.717, 1.165) is 21.0 Å². The van der Waals surface area contributed by atoms with Crippen molar-refractivity contribution in [3.63, 3.8) is 0 Å². The summed E-state index contributed by atoms with van der Waals surface area (Å²) >= 11 is 3.17. The first-order chi connectivity index (χ1) is 21.0. The zero-order valence-electron chi connectivity index (χ0n) is 23.3. The molecule has 8 heteroatoms. The van der Waals surface area contributed by atoms with Crippen LogP contribution in [-0.4, -0.2) is 29.0 Å². The van der Waals surface area contributed by atoms with Crippen molar-refractivity contribution >= 4 is 58.3 Å². The number of carbonyl (C=O) groups is 3. The average Bonchev–Trinajstić information content (AvgIpc) is 3.03. The molecule has 6 nitrogen and oxygen atoms in total. The van der Waals surface area contributed by atoms with E-state index in [1.807, 2.05) is 95.9 Å². The van der Waals surface area contributed by atoms with Crippen LogP contribution in [0.2, 0.25) is 0 Å². The molecule has 0 spiro atoms. The number of nitrogens with zero attached hydrogens (tertiary/aromatic N) is 1. The Bertz CT molecular complexity index is 1720. The van der Waals surface area contributed by atoms with E-state index in [1.54, 1.807) is 36.0 Å². The van der Waals surface area contributed by atoms with Gasteiger partial charge < -0.3 is 10.6 Å². The number of hydrogen-bond donors (Lipinski definition) is 2. The van der Waals surface area contributed by atoms with Gasteiger partial charge in [-0.15, -0.1) is 23.5 Å². The summed E-state index contributed by atoms with van der Waals surface area (Å²) in [5.74, 6) is -0.218. The molecule has 0 radical (unpaired) electrons. The maximum atomic E-state index is 13.8. The summed E-state index contributed by atoms with van der Waals surface area (Å²) in [7, 11) is 0. The van der Waals surface area contributed by atoms with E-state index in [0.29, 0.717) is 16.9 Å². The van der Waals surface area contributed by atoms with E-state index < -0.39 is 5.25 Å². The average molecular weight is 604 g/mol. The quantitative estimate of drug-likeness (QED) is 0.164. The van der Waals surface area contributed by atoms with Crippen LogP contribution < -0.4 is 15.5 Å². The topological polar surface area (TPSA) is 78.5 Å². The fourth-order valence-electron chi connectivity index (χ4n) is 5.09. The number of allylic oxidation sites excluding steroid dienone is 2. The maximum absolute atomic E-state index is 13.8. The third-order valence-electron chi connectivity index (χ3n) is 7.20. The number of ketones is 1. The fraction of sp³-hybridized carbons (Fsp3) is 0.114. The molecule has 0 saturated heterocycles. The molecule has 43 heavy (non-hydrogen) atoms. The number of nitrogens with one attached hydrogen (secondary N) is 2. The minimum Gasteiger partial charge on any atom is -0.325 e. The third-order valence-corrected chi connectivity index (χ3v) is 9.76. The largest absolute Gasteiger partial charge is 0.326 e. The number of rotatable bonds is 7. The Morgan fingerprint density at radius 1 is 0.791 bits per heavy atom. The summed E-state index contributed by atoms with van der Waals surface area (Å²) in [5, 5.41) is 5.68. The van der Waals surface area contributed by atoms with E-state index in [1.165, 1.54) is 18.7 Å². The minimum atomic E-state index is -0.550. The molecule has 4 aromatic rings. The molecule has 1 aliphatic heterocycles. The van der Waals surface area contributed by atoms with Crippen molar-refractivity contribution in [2.75, 3.05) is 15.5 Å². The Kier molecular flexibility index (Phi) is 8.49. The SMILES string of the molecule is CC(=O)c1ccc(NC(=O)C(Sc2cccc(NC(=O)N3c4ccccc4SC4C=CC=CC43)c2)c2ccccc2)cc1. The second kappa shape index (κ2) is 12.8. The second-order valence-electron chi connectivity index (χ2n) is 10.2. The number of urea groups is 1. The molecule has 214 valence electrons. The number of para-hydroxylation sites is 1. The molecule has 0 fully saturated rings. The van der Waals surface area contributed by atoms with Gasteiger partial charge in [0.2, 0.25) is 5.91 Å². The van der Waals surface area contributed by atoms with E-state index in [9.17, 15) is 14.4 Å². The van der Waals surface area contributed by atoms with Gasteiger partial charge in [0, 0.05) is 26.7 Å². The van der Waals surface area contributed by atoms with Crippen LogP contribution in [0.3, 0.4) is 0 Å². The van der Waals surface area contributed by atoms with Crippen LogP contribution in [0.15, 0.2) is 137 Å². The third kappa shape index (κ3) is 6.45. The molecule has 0 bridgehead atoms. The summed E-state index contributed by atoms with van der Waals surface area (Å²) in [6, 6.07) is 31.7. The summed E-state index contributed by atoms with van der Waals surface area (Å²) in [6.07, 6.45) is 8.21. The molecule has 4 aromatic carbocycles. The van der Waals surface area contributed by atoms with Crippen molar-refractivity contribution in [3.05, 3.63) is 139 Å². The van der Waals surface area contributed by atoms with Crippen molar-refractivity contribution < 1.29 is 14.4 Å². The van der Waals surface area contributed by atoms with Gasteiger partial charge >= 0.3 is 6.03 Å². The molecule has 3 atom stereocenters. The van der Waals surface area contributed by atoms with Crippen molar-refractivity contribution in [1.29, 1.82) is 0 Å². The molecule has 1 heterocycles. The highest BCUT2D eigenvalue weighted by molar-refractivity contribution is 8.00. The molecule has 2 aliphatic rings. The first-order valence-electron chi connectivity index (χ1n) is 13.9. The number of hydrogen-bond acceptors (Lipinski definition) is 5. The summed E-state index contributed by atoms with van der Waals surface area (Å²) in [4.78, 5) is 42.7. The van der Waals surface area contributed by atoms with E-state index in [2.05, 4.69) is 22.8 Å². The number of Topliss-reactive ketones (excluding diaryl/α,β-unsaturated/α-hetero) is 1. The standard InChI is InChI=1S/C35H29N3O3S2/c1-23(39)24-18-20-26(21-19-24)36-34(40)33(25-10-3-2-4-11-25)42-28-13-9-12-27(22-28)37-35(41)38-29-14-5-7-16-31(29)43-32-17-8-6-15-30(32)38/h2-22,29,31,33H,1H3,(H,36,40)(H,37,41). The zero-order valence-corrected chi connectivity index (χ0v) is 25.0. The highest BCUT2D eigenvalue weighted by atomic mass is 32.2. The predicted molar refractivity (Wildman–Crippen MR) is 176 cm³/mol. The van der Waals surface area contributed by atoms with Crippen LogP contribution in [0, 0.1) is 0 Å². The Balaban J connectivity index is 1.22. The number of thioether (sulfide) groups is 2. The van der Waals surface area contributed by atoms with E-state index >= 15 is 0 Å². The Morgan fingerprint density at radius 2 is 1.53 bits per heavy atom. The molecule has 1 aliphatic carbocycles. The van der Waals surface area contributed by atoms with Crippen LogP contribution in [0.1, 0.15) is 28.1 Å². The van der Waals surface area contributed by atoms with Gasteiger partial charge in [0.05, 0.1) is 17.0 Å². The van der Waals surface area contributed by atoms with Crippen LogP contribution in [0.5, 0.6) is 0 Å². The van der Waals surface area contributed by atoms with Gasteiger partial charge in [-0.05, 0) is 67.1 Å². The van der Waals surface area contributed by atoms with Crippen molar-refractivity contribution in [3.8, 4) is 0 Å².